The number of nitrogens with zero attached hydrogens (tertiary/aromatic N) is 2. The van der Waals surface area contributed by atoms with Crippen LogP contribution in [0.1, 0.15) is 5.56 Å². The maximum atomic E-state index is 11.9. The normalized spacial score (nSPS) is 15.8. The Morgan fingerprint density at radius 1 is 1.21 bits per heavy atom. The van der Waals surface area contributed by atoms with Gasteiger partial charge in [0, 0.05) is 52.0 Å². The van der Waals surface area contributed by atoms with Gasteiger partial charge in [-0.3, -0.25) is 4.79 Å². The van der Waals surface area contributed by atoms with Gasteiger partial charge in [0.2, 0.25) is 5.91 Å². The Kier molecular flexibility index (Phi) is 4.58. The summed E-state index contributed by atoms with van der Waals surface area (Å²) in [6.07, 6.45) is 3.54. The second-order valence-electron chi connectivity index (χ2n) is 4.89. The Bertz CT molecular complexity index is 445. The molecule has 19 heavy (non-hydrogen) atoms. The Morgan fingerprint density at radius 3 is 2.42 bits per heavy atom. The molecule has 4 nitrogen and oxygen atoms in total. The van der Waals surface area contributed by atoms with Crippen molar-refractivity contribution < 1.29 is 4.79 Å². The number of hydrogen-bond acceptors (Lipinski definition) is 3. The van der Waals surface area contributed by atoms with Gasteiger partial charge in [-0.25, -0.2) is 0 Å². The molecular weight excluding hydrogens is 238 g/mol. The summed E-state index contributed by atoms with van der Waals surface area (Å²) in [4.78, 5) is 15.9. The van der Waals surface area contributed by atoms with Gasteiger partial charge in [-0.15, -0.1) is 0 Å². The molecule has 1 fully saturated rings. The summed E-state index contributed by atoms with van der Waals surface area (Å²) < 4.78 is 0. The SMILES string of the molecule is CN(C)c1ccc(/C=C/C(=O)N2CCNCC2)cc1. The van der Waals surface area contributed by atoms with Crippen molar-refractivity contribution in [1.29, 1.82) is 0 Å². The Hall–Kier alpha value is -1.81. The summed E-state index contributed by atoms with van der Waals surface area (Å²) in [6.45, 7) is 3.36. The van der Waals surface area contributed by atoms with Crippen molar-refractivity contribution in [3.8, 4) is 0 Å². The fourth-order valence-corrected chi connectivity index (χ4v) is 2.04. The minimum absolute atomic E-state index is 0.0955. The highest BCUT2D eigenvalue weighted by atomic mass is 16.2. The summed E-state index contributed by atoms with van der Waals surface area (Å²) >= 11 is 0. The molecule has 0 saturated carbocycles. The van der Waals surface area contributed by atoms with Crippen molar-refractivity contribution >= 4 is 17.7 Å². The maximum absolute atomic E-state index is 11.9. The zero-order valence-electron chi connectivity index (χ0n) is 11.6. The summed E-state index contributed by atoms with van der Waals surface area (Å²) in [6, 6.07) is 8.15. The number of piperazine rings is 1. The smallest absolute Gasteiger partial charge is 0.246 e. The van der Waals surface area contributed by atoms with Gasteiger partial charge in [0.05, 0.1) is 0 Å². The summed E-state index contributed by atoms with van der Waals surface area (Å²) in [5.74, 6) is 0.0955. The van der Waals surface area contributed by atoms with Crippen LogP contribution in [0.15, 0.2) is 30.3 Å². The van der Waals surface area contributed by atoms with Crippen molar-refractivity contribution in [1.82, 2.24) is 10.2 Å². The highest BCUT2D eigenvalue weighted by molar-refractivity contribution is 5.91. The fourth-order valence-electron chi connectivity index (χ4n) is 2.04. The lowest BCUT2D eigenvalue weighted by Crippen LogP contribution is -2.45. The number of carbonyl (C=O) groups is 1. The lowest BCUT2D eigenvalue weighted by Gasteiger charge is -2.26. The first-order chi connectivity index (χ1) is 9.16. The maximum Gasteiger partial charge on any atom is 0.246 e. The van der Waals surface area contributed by atoms with Crippen LogP contribution in [-0.4, -0.2) is 51.1 Å². The molecule has 1 heterocycles. The number of amides is 1. The molecule has 1 saturated heterocycles. The number of anilines is 1. The van der Waals surface area contributed by atoms with Crippen LogP contribution >= 0.6 is 0 Å². The monoisotopic (exact) mass is 259 g/mol. The summed E-state index contributed by atoms with van der Waals surface area (Å²) in [5, 5.41) is 3.24. The molecule has 0 unspecified atom stereocenters. The van der Waals surface area contributed by atoms with Crippen LogP contribution in [0.2, 0.25) is 0 Å². The van der Waals surface area contributed by atoms with E-state index in [9.17, 15) is 4.79 Å². The van der Waals surface area contributed by atoms with Crippen LogP contribution in [0.3, 0.4) is 0 Å². The predicted molar refractivity (Wildman–Crippen MR) is 79.3 cm³/mol. The van der Waals surface area contributed by atoms with Crippen molar-refractivity contribution in [3.63, 3.8) is 0 Å². The molecule has 0 radical (unpaired) electrons. The number of nitrogens with one attached hydrogen (secondary N) is 1. The Morgan fingerprint density at radius 2 is 1.84 bits per heavy atom. The zero-order chi connectivity index (χ0) is 13.7. The first-order valence-corrected chi connectivity index (χ1v) is 6.62. The van der Waals surface area contributed by atoms with Gasteiger partial charge in [0.15, 0.2) is 0 Å². The molecule has 2 rings (SSSR count). The second kappa shape index (κ2) is 6.38. The zero-order valence-corrected chi connectivity index (χ0v) is 11.6. The average Bonchev–Trinajstić information content (AvgIpc) is 2.46. The van der Waals surface area contributed by atoms with E-state index in [4.69, 9.17) is 0 Å². The van der Waals surface area contributed by atoms with Crippen molar-refractivity contribution in [2.24, 2.45) is 0 Å². The highest BCUT2D eigenvalue weighted by Crippen LogP contribution is 2.13. The van der Waals surface area contributed by atoms with Crippen LogP contribution in [0.25, 0.3) is 6.08 Å². The molecule has 1 aromatic rings. The fraction of sp³-hybridized carbons (Fsp3) is 0.400. The van der Waals surface area contributed by atoms with Crippen molar-refractivity contribution in [3.05, 3.63) is 35.9 Å². The molecule has 0 spiro atoms. The molecule has 1 N–H and O–H groups in total. The molecule has 0 aliphatic carbocycles. The second-order valence-corrected chi connectivity index (χ2v) is 4.89. The van der Waals surface area contributed by atoms with E-state index in [1.165, 1.54) is 0 Å². The first-order valence-electron chi connectivity index (χ1n) is 6.62. The van der Waals surface area contributed by atoms with Gasteiger partial charge in [0.25, 0.3) is 0 Å². The standard InChI is InChI=1S/C15H21N3O/c1-17(2)14-6-3-13(4-7-14)5-8-15(19)18-11-9-16-10-12-18/h3-8,16H,9-12H2,1-2H3/b8-5+. The number of benzene rings is 1. The van der Waals surface area contributed by atoms with E-state index in [0.717, 1.165) is 37.4 Å². The van der Waals surface area contributed by atoms with Gasteiger partial charge >= 0.3 is 0 Å². The van der Waals surface area contributed by atoms with E-state index in [1.807, 2.05) is 37.2 Å². The molecule has 1 aliphatic heterocycles. The van der Waals surface area contributed by atoms with Gasteiger partial charge in [-0.05, 0) is 23.8 Å². The topological polar surface area (TPSA) is 35.6 Å². The van der Waals surface area contributed by atoms with Crippen LogP contribution in [0.5, 0.6) is 0 Å². The highest BCUT2D eigenvalue weighted by Gasteiger charge is 2.12. The molecule has 0 aromatic heterocycles. The van der Waals surface area contributed by atoms with E-state index >= 15 is 0 Å². The van der Waals surface area contributed by atoms with Gasteiger partial charge in [-0.2, -0.15) is 0 Å². The van der Waals surface area contributed by atoms with Crippen LogP contribution in [0.4, 0.5) is 5.69 Å². The number of rotatable bonds is 3. The molecule has 102 valence electrons. The molecule has 1 aliphatic rings. The Balaban J connectivity index is 1.95. The average molecular weight is 259 g/mol. The van der Waals surface area contributed by atoms with Gasteiger partial charge in [-0.1, -0.05) is 12.1 Å². The quantitative estimate of drug-likeness (QED) is 0.829. The van der Waals surface area contributed by atoms with E-state index in [2.05, 4.69) is 22.3 Å². The van der Waals surface area contributed by atoms with Crippen LogP contribution < -0.4 is 10.2 Å². The Labute approximate surface area is 114 Å². The van der Waals surface area contributed by atoms with E-state index < -0.39 is 0 Å². The first kappa shape index (κ1) is 13.6. The minimum atomic E-state index is 0.0955. The third-order valence-corrected chi connectivity index (χ3v) is 3.26. The number of carbonyl (C=O) groups excluding carboxylic acids is 1. The molecule has 0 atom stereocenters. The number of hydrogen-bond donors (Lipinski definition) is 1. The third kappa shape index (κ3) is 3.83. The third-order valence-electron chi connectivity index (χ3n) is 3.26. The molecule has 4 heteroatoms. The minimum Gasteiger partial charge on any atom is -0.378 e. The van der Waals surface area contributed by atoms with Crippen molar-refractivity contribution in [2.75, 3.05) is 45.2 Å². The van der Waals surface area contributed by atoms with Crippen molar-refractivity contribution in [2.45, 2.75) is 0 Å². The summed E-state index contributed by atoms with van der Waals surface area (Å²) in [7, 11) is 4.03. The largest absolute Gasteiger partial charge is 0.378 e. The lowest BCUT2D eigenvalue weighted by atomic mass is 10.2. The van der Waals surface area contributed by atoms with Crippen LogP contribution in [-0.2, 0) is 4.79 Å². The van der Waals surface area contributed by atoms with Gasteiger partial charge in [0.1, 0.15) is 0 Å². The van der Waals surface area contributed by atoms with Crippen LogP contribution in [0, 0.1) is 0 Å². The van der Waals surface area contributed by atoms with E-state index in [0.29, 0.717) is 0 Å². The summed E-state index contributed by atoms with van der Waals surface area (Å²) in [5.41, 5.74) is 2.21. The molecule has 1 amide bonds. The predicted octanol–water partition coefficient (Wildman–Crippen LogP) is 1.20. The van der Waals surface area contributed by atoms with Gasteiger partial charge < -0.3 is 15.1 Å². The molecular formula is C15H21N3O. The lowest BCUT2D eigenvalue weighted by molar-refractivity contribution is -0.126. The molecule has 1 aromatic carbocycles. The molecule has 0 bridgehead atoms. The van der Waals surface area contributed by atoms with E-state index in [1.54, 1.807) is 6.08 Å². The van der Waals surface area contributed by atoms with E-state index in [-0.39, 0.29) is 5.91 Å².